The Morgan fingerprint density at radius 3 is 2.60 bits per heavy atom. The minimum absolute atomic E-state index is 0.100. The SMILES string of the molecule is O=C(O)NCCCCN1N=C(c2ccc(NC(=O)N3Cc4ccncc4C3)cc2)CC(c2cccc3ncccc23)C1=O. The first-order valence-corrected chi connectivity index (χ1v) is 14.2. The average Bonchev–Trinajstić information content (AvgIpc) is 3.47. The summed E-state index contributed by atoms with van der Waals surface area (Å²) < 4.78 is 0. The Hall–Kier alpha value is -5.32. The number of hydrogen-bond acceptors (Lipinski definition) is 6. The van der Waals surface area contributed by atoms with Gasteiger partial charge in [-0.1, -0.05) is 30.3 Å². The Morgan fingerprint density at radius 1 is 0.953 bits per heavy atom. The summed E-state index contributed by atoms with van der Waals surface area (Å²) in [5.74, 6) is -0.555. The third kappa shape index (κ3) is 6.15. The number of carboxylic acid groups (broad SMARTS) is 1. The van der Waals surface area contributed by atoms with E-state index in [4.69, 9.17) is 10.2 Å². The number of benzene rings is 2. The number of carbonyl (C=O) groups is 3. The summed E-state index contributed by atoms with van der Waals surface area (Å²) in [7, 11) is 0. The second-order valence-corrected chi connectivity index (χ2v) is 10.6. The molecule has 2 aromatic heterocycles. The van der Waals surface area contributed by atoms with Crippen LogP contribution in [0, 0.1) is 0 Å². The number of nitrogens with one attached hydrogen (secondary N) is 2. The molecule has 0 bridgehead atoms. The van der Waals surface area contributed by atoms with Crippen LogP contribution in [-0.4, -0.2) is 61.8 Å². The van der Waals surface area contributed by atoms with Gasteiger partial charge in [-0.25, -0.2) is 14.6 Å². The number of hydrogen-bond donors (Lipinski definition) is 3. The van der Waals surface area contributed by atoms with E-state index in [0.29, 0.717) is 51.1 Å². The lowest BCUT2D eigenvalue weighted by Gasteiger charge is -2.30. The molecule has 2 aliphatic rings. The maximum Gasteiger partial charge on any atom is 0.404 e. The topological polar surface area (TPSA) is 140 Å². The van der Waals surface area contributed by atoms with Crippen molar-refractivity contribution in [3.05, 3.63) is 102 Å². The second-order valence-electron chi connectivity index (χ2n) is 10.6. The molecular weight excluding hydrogens is 546 g/mol. The number of nitrogens with zero attached hydrogens (tertiary/aromatic N) is 5. The molecule has 0 radical (unpaired) electrons. The molecule has 2 aromatic carbocycles. The molecule has 1 atom stereocenters. The summed E-state index contributed by atoms with van der Waals surface area (Å²) in [6.07, 6.45) is 5.78. The number of hydrazone groups is 1. The highest BCUT2D eigenvalue weighted by molar-refractivity contribution is 6.07. The van der Waals surface area contributed by atoms with Crippen LogP contribution in [0.2, 0.25) is 0 Å². The van der Waals surface area contributed by atoms with Crippen molar-refractivity contribution in [3.8, 4) is 0 Å². The third-order valence-corrected chi connectivity index (χ3v) is 7.80. The van der Waals surface area contributed by atoms with Crippen molar-refractivity contribution in [2.75, 3.05) is 18.4 Å². The molecule has 4 aromatic rings. The molecule has 3 N–H and O–H groups in total. The first-order valence-electron chi connectivity index (χ1n) is 14.2. The van der Waals surface area contributed by atoms with Gasteiger partial charge in [0.2, 0.25) is 0 Å². The molecule has 43 heavy (non-hydrogen) atoms. The zero-order chi connectivity index (χ0) is 29.8. The van der Waals surface area contributed by atoms with E-state index in [9.17, 15) is 14.4 Å². The number of rotatable bonds is 8. The normalized spacial score (nSPS) is 16.1. The standard InChI is InChI=1S/C32H31N7O4/c40-30-27(25-5-3-7-28-26(25)6-4-14-34-28)17-29(37-39(30)16-2-1-13-35-32(42)43)21-8-10-24(11-9-21)36-31(41)38-19-22-12-15-33-18-23(22)20-38/h3-12,14-15,18,27,35H,1-2,13,16-17,19-20H2,(H,36,41)(H,42,43). The minimum Gasteiger partial charge on any atom is -0.465 e. The summed E-state index contributed by atoms with van der Waals surface area (Å²) >= 11 is 0. The smallest absolute Gasteiger partial charge is 0.404 e. The van der Waals surface area contributed by atoms with Gasteiger partial charge >= 0.3 is 12.1 Å². The summed E-state index contributed by atoms with van der Waals surface area (Å²) in [5.41, 5.74) is 6.14. The molecule has 0 aliphatic carbocycles. The summed E-state index contributed by atoms with van der Waals surface area (Å²) in [6.45, 7) is 1.73. The van der Waals surface area contributed by atoms with Gasteiger partial charge in [-0.2, -0.15) is 5.10 Å². The van der Waals surface area contributed by atoms with Gasteiger partial charge in [-0.15, -0.1) is 0 Å². The zero-order valence-electron chi connectivity index (χ0n) is 23.4. The molecule has 0 spiro atoms. The maximum absolute atomic E-state index is 13.7. The first kappa shape index (κ1) is 27.8. The molecule has 6 rings (SSSR count). The van der Waals surface area contributed by atoms with Crippen LogP contribution in [0.3, 0.4) is 0 Å². The van der Waals surface area contributed by atoms with Gasteiger partial charge in [-0.05, 0) is 65.4 Å². The van der Waals surface area contributed by atoms with Crippen LogP contribution in [0.15, 0.2) is 84.4 Å². The zero-order valence-corrected chi connectivity index (χ0v) is 23.4. The molecule has 2 aliphatic heterocycles. The largest absolute Gasteiger partial charge is 0.465 e. The van der Waals surface area contributed by atoms with E-state index in [1.165, 1.54) is 5.01 Å². The van der Waals surface area contributed by atoms with Crippen molar-refractivity contribution in [3.63, 3.8) is 0 Å². The van der Waals surface area contributed by atoms with Crippen molar-refractivity contribution in [1.82, 2.24) is 25.2 Å². The molecule has 218 valence electrons. The Bertz CT molecular complexity index is 1680. The number of amides is 4. The number of urea groups is 1. The minimum atomic E-state index is -1.07. The molecule has 11 nitrogen and oxygen atoms in total. The molecule has 1 unspecified atom stereocenters. The van der Waals surface area contributed by atoms with E-state index in [-0.39, 0.29) is 11.9 Å². The van der Waals surface area contributed by atoms with E-state index < -0.39 is 12.0 Å². The van der Waals surface area contributed by atoms with E-state index in [0.717, 1.165) is 38.9 Å². The Morgan fingerprint density at radius 2 is 1.79 bits per heavy atom. The van der Waals surface area contributed by atoms with Crippen LogP contribution in [-0.2, 0) is 17.9 Å². The van der Waals surface area contributed by atoms with Gasteiger partial charge in [0, 0.05) is 62.3 Å². The summed E-state index contributed by atoms with van der Waals surface area (Å²) in [6, 6.07) is 18.9. The van der Waals surface area contributed by atoms with Crippen LogP contribution in [0.1, 0.15) is 47.4 Å². The second kappa shape index (κ2) is 12.3. The van der Waals surface area contributed by atoms with Crippen molar-refractivity contribution in [2.45, 2.75) is 38.3 Å². The summed E-state index contributed by atoms with van der Waals surface area (Å²) in [4.78, 5) is 47.8. The molecule has 4 amide bonds. The highest BCUT2D eigenvalue weighted by Crippen LogP contribution is 2.33. The fraction of sp³-hybridized carbons (Fsp3) is 0.250. The van der Waals surface area contributed by atoms with Crippen LogP contribution in [0.4, 0.5) is 15.3 Å². The van der Waals surface area contributed by atoms with Crippen LogP contribution in [0.5, 0.6) is 0 Å². The first-order chi connectivity index (χ1) is 21.0. The number of carbonyl (C=O) groups excluding carboxylic acids is 2. The van der Waals surface area contributed by atoms with Gasteiger partial charge in [0.25, 0.3) is 5.91 Å². The highest BCUT2D eigenvalue weighted by Gasteiger charge is 2.33. The Labute approximate surface area is 248 Å². The van der Waals surface area contributed by atoms with Crippen molar-refractivity contribution in [2.24, 2.45) is 5.10 Å². The molecule has 0 saturated heterocycles. The molecule has 0 saturated carbocycles. The van der Waals surface area contributed by atoms with Gasteiger partial charge in [-0.3, -0.25) is 14.8 Å². The highest BCUT2D eigenvalue weighted by atomic mass is 16.4. The maximum atomic E-state index is 13.7. The Kier molecular flexibility index (Phi) is 7.94. The monoisotopic (exact) mass is 577 g/mol. The van der Waals surface area contributed by atoms with Crippen LogP contribution < -0.4 is 10.6 Å². The van der Waals surface area contributed by atoms with Crippen molar-refractivity contribution >= 4 is 40.3 Å². The number of aromatic nitrogens is 2. The number of anilines is 1. The van der Waals surface area contributed by atoms with Gasteiger partial charge < -0.3 is 20.6 Å². The van der Waals surface area contributed by atoms with Gasteiger partial charge in [0.05, 0.1) is 17.1 Å². The van der Waals surface area contributed by atoms with E-state index in [1.54, 1.807) is 23.5 Å². The fourth-order valence-corrected chi connectivity index (χ4v) is 5.60. The Balaban J connectivity index is 1.20. The van der Waals surface area contributed by atoms with E-state index in [2.05, 4.69) is 20.6 Å². The van der Waals surface area contributed by atoms with Crippen LogP contribution >= 0.6 is 0 Å². The van der Waals surface area contributed by atoms with E-state index >= 15 is 0 Å². The third-order valence-electron chi connectivity index (χ3n) is 7.80. The van der Waals surface area contributed by atoms with Crippen LogP contribution in [0.25, 0.3) is 10.9 Å². The summed E-state index contributed by atoms with van der Waals surface area (Å²) in [5, 5.41) is 21.4. The quantitative estimate of drug-likeness (QED) is 0.253. The average molecular weight is 578 g/mol. The van der Waals surface area contributed by atoms with Gasteiger partial charge in [0.15, 0.2) is 0 Å². The molecule has 0 fully saturated rings. The lowest BCUT2D eigenvalue weighted by Crippen LogP contribution is -2.38. The molecule has 11 heteroatoms. The number of pyridine rings is 2. The lowest BCUT2D eigenvalue weighted by atomic mass is 9.86. The molecule has 4 heterocycles. The lowest BCUT2D eigenvalue weighted by molar-refractivity contribution is -0.133. The predicted molar refractivity (Wildman–Crippen MR) is 162 cm³/mol. The van der Waals surface area contributed by atoms with Gasteiger partial charge in [0.1, 0.15) is 0 Å². The fourth-order valence-electron chi connectivity index (χ4n) is 5.60. The molecular formula is C32H31N7O4. The van der Waals surface area contributed by atoms with E-state index in [1.807, 2.05) is 60.7 Å². The number of unbranched alkanes of at least 4 members (excludes halogenated alkanes) is 1. The van der Waals surface area contributed by atoms with Crippen molar-refractivity contribution < 1.29 is 19.5 Å². The van der Waals surface area contributed by atoms with Crippen molar-refractivity contribution in [1.29, 1.82) is 0 Å². The predicted octanol–water partition coefficient (Wildman–Crippen LogP) is 4.95. The number of fused-ring (bicyclic) bond motifs is 2.